The van der Waals surface area contributed by atoms with Gasteiger partial charge in [0.05, 0.1) is 39.6 Å². The largest absolute Gasteiger partial charge is 0.386 e. The van der Waals surface area contributed by atoms with Crippen LogP contribution in [0.25, 0.3) is 33.2 Å². The summed E-state index contributed by atoms with van der Waals surface area (Å²) in [7, 11) is 1.76. The van der Waals surface area contributed by atoms with Gasteiger partial charge in [-0.3, -0.25) is 4.98 Å². The zero-order chi connectivity index (χ0) is 26.6. The van der Waals surface area contributed by atoms with Gasteiger partial charge in [0.25, 0.3) is 0 Å². The van der Waals surface area contributed by atoms with E-state index in [0.717, 1.165) is 23.9 Å². The van der Waals surface area contributed by atoms with Gasteiger partial charge in [0.1, 0.15) is 5.82 Å². The predicted octanol–water partition coefficient (Wildman–Crippen LogP) is 4.47. The molecule has 0 spiro atoms. The van der Waals surface area contributed by atoms with E-state index in [9.17, 15) is 5.11 Å². The van der Waals surface area contributed by atoms with E-state index in [-0.39, 0.29) is 17.8 Å². The highest BCUT2D eigenvalue weighted by Gasteiger charge is 2.33. The molecule has 1 atom stereocenters. The van der Waals surface area contributed by atoms with Crippen molar-refractivity contribution >= 4 is 21.9 Å². The number of hydrogen-bond acceptors (Lipinski definition) is 7. The average Bonchev–Trinajstić information content (AvgIpc) is 3.40. The van der Waals surface area contributed by atoms with Crippen molar-refractivity contribution in [3.05, 3.63) is 65.8 Å². The van der Waals surface area contributed by atoms with Crippen molar-refractivity contribution in [2.24, 2.45) is 13.0 Å². The van der Waals surface area contributed by atoms with E-state index in [1.54, 1.807) is 56.3 Å². The van der Waals surface area contributed by atoms with E-state index >= 15 is 4.39 Å². The first-order valence-corrected chi connectivity index (χ1v) is 12.8. The van der Waals surface area contributed by atoms with Crippen molar-refractivity contribution in [3.8, 4) is 11.3 Å². The van der Waals surface area contributed by atoms with Crippen molar-refractivity contribution in [1.29, 1.82) is 0 Å². The molecule has 5 heterocycles. The number of halogens is 1. The molecule has 6 rings (SSSR count). The summed E-state index contributed by atoms with van der Waals surface area (Å²) >= 11 is 0. The van der Waals surface area contributed by atoms with Gasteiger partial charge in [-0.25, -0.2) is 19.0 Å². The zero-order valence-electron chi connectivity index (χ0n) is 21.9. The lowest BCUT2D eigenvalue weighted by molar-refractivity contribution is 0.0542. The second-order valence-corrected chi connectivity index (χ2v) is 10.5. The first kappa shape index (κ1) is 24.6. The third kappa shape index (κ3) is 4.04. The van der Waals surface area contributed by atoms with Gasteiger partial charge < -0.3 is 14.4 Å². The minimum absolute atomic E-state index is 0.185. The van der Waals surface area contributed by atoms with Crippen LogP contribution in [0.4, 0.5) is 4.39 Å². The lowest BCUT2D eigenvalue weighted by atomic mass is 9.90. The van der Waals surface area contributed by atoms with Crippen molar-refractivity contribution in [2.75, 3.05) is 13.2 Å². The van der Waals surface area contributed by atoms with E-state index in [1.807, 2.05) is 19.1 Å². The molecule has 1 N–H and O–H groups in total. The SMILES string of the molecule is Cc1nnn(C)c1-c1cc2c(cc1F)c1ncc(C(C)(C)O)cc1n2[C@@H](c1ncccn1)C1CCOCC1. The van der Waals surface area contributed by atoms with Crippen LogP contribution in [0, 0.1) is 18.7 Å². The number of aliphatic hydroxyl groups is 1. The van der Waals surface area contributed by atoms with Crippen molar-refractivity contribution in [1.82, 2.24) is 34.5 Å². The highest BCUT2D eigenvalue weighted by molar-refractivity contribution is 6.07. The van der Waals surface area contributed by atoms with Crippen molar-refractivity contribution < 1.29 is 14.2 Å². The molecule has 0 radical (unpaired) electrons. The molecule has 1 aliphatic heterocycles. The number of nitrogens with zero attached hydrogens (tertiary/aromatic N) is 7. The molecule has 1 aromatic carbocycles. The molecule has 0 amide bonds. The Balaban J connectivity index is 1.72. The third-order valence-electron chi connectivity index (χ3n) is 7.52. The molecule has 1 fully saturated rings. The van der Waals surface area contributed by atoms with Gasteiger partial charge in [-0.05, 0) is 63.8 Å². The van der Waals surface area contributed by atoms with Crippen LogP contribution in [0.1, 0.15) is 49.8 Å². The highest BCUT2D eigenvalue weighted by Crippen LogP contribution is 2.41. The van der Waals surface area contributed by atoms with Crippen LogP contribution in [0.2, 0.25) is 0 Å². The highest BCUT2D eigenvalue weighted by atomic mass is 19.1. The maximum Gasteiger partial charge on any atom is 0.151 e. The van der Waals surface area contributed by atoms with Gasteiger partial charge in [-0.15, -0.1) is 5.10 Å². The summed E-state index contributed by atoms with van der Waals surface area (Å²) < 4.78 is 25.2. The van der Waals surface area contributed by atoms with E-state index < -0.39 is 5.60 Å². The maximum absolute atomic E-state index is 15.7. The van der Waals surface area contributed by atoms with E-state index in [4.69, 9.17) is 9.72 Å². The van der Waals surface area contributed by atoms with E-state index in [2.05, 4.69) is 24.8 Å². The summed E-state index contributed by atoms with van der Waals surface area (Å²) in [4.78, 5) is 14.1. The van der Waals surface area contributed by atoms with Crippen LogP contribution in [0.15, 0.2) is 42.9 Å². The summed E-state index contributed by atoms with van der Waals surface area (Å²) in [6.45, 7) is 6.58. The van der Waals surface area contributed by atoms with Gasteiger partial charge in [-0.2, -0.15) is 0 Å². The normalized spacial score (nSPS) is 15.9. The molecule has 0 bridgehead atoms. The minimum Gasteiger partial charge on any atom is -0.386 e. The molecular formula is C28H30FN7O2. The van der Waals surface area contributed by atoms with Crippen LogP contribution in [0.5, 0.6) is 0 Å². The number of benzene rings is 1. The Morgan fingerprint density at radius 1 is 1.08 bits per heavy atom. The number of fused-ring (bicyclic) bond motifs is 3. The van der Waals surface area contributed by atoms with E-state index in [1.165, 1.54) is 0 Å². The molecule has 0 saturated carbocycles. The Bertz CT molecular complexity index is 1610. The molecule has 0 aliphatic carbocycles. The fourth-order valence-electron chi connectivity index (χ4n) is 5.60. The van der Waals surface area contributed by atoms with Crippen LogP contribution in [-0.2, 0) is 17.4 Å². The zero-order valence-corrected chi connectivity index (χ0v) is 21.9. The number of pyridine rings is 1. The Kier molecular flexibility index (Phi) is 5.96. The Labute approximate surface area is 219 Å². The Morgan fingerprint density at radius 3 is 2.47 bits per heavy atom. The summed E-state index contributed by atoms with van der Waals surface area (Å²) in [5.41, 5.74) is 3.49. The summed E-state index contributed by atoms with van der Waals surface area (Å²) in [6, 6.07) is 6.90. The molecule has 196 valence electrons. The third-order valence-corrected chi connectivity index (χ3v) is 7.52. The molecule has 38 heavy (non-hydrogen) atoms. The summed E-state index contributed by atoms with van der Waals surface area (Å²) in [5.74, 6) is 0.484. The fourth-order valence-corrected chi connectivity index (χ4v) is 5.60. The average molecular weight is 516 g/mol. The molecule has 4 aromatic heterocycles. The fraction of sp³-hybridized carbons (Fsp3) is 0.393. The lowest BCUT2D eigenvalue weighted by Crippen LogP contribution is -2.28. The topological polar surface area (TPSA) is 104 Å². The van der Waals surface area contributed by atoms with Gasteiger partial charge in [0, 0.05) is 55.4 Å². The van der Waals surface area contributed by atoms with Gasteiger partial charge in [-0.1, -0.05) is 5.21 Å². The first-order chi connectivity index (χ1) is 18.2. The van der Waals surface area contributed by atoms with E-state index in [0.29, 0.717) is 52.5 Å². The molecule has 0 unspecified atom stereocenters. The number of rotatable bonds is 5. The Hall–Kier alpha value is -3.76. The number of hydrogen-bond donors (Lipinski definition) is 1. The summed E-state index contributed by atoms with van der Waals surface area (Å²) in [5, 5.41) is 19.7. The quantitative estimate of drug-likeness (QED) is 0.368. The molecule has 1 aliphatic rings. The molecule has 9 nitrogen and oxygen atoms in total. The number of aromatic nitrogens is 7. The second-order valence-electron chi connectivity index (χ2n) is 10.5. The van der Waals surface area contributed by atoms with Gasteiger partial charge >= 0.3 is 0 Å². The van der Waals surface area contributed by atoms with Gasteiger partial charge in [0.15, 0.2) is 5.82 Å². The summed E-state index contributed by atoms with van der Waals surface area (Å²) in [6.07, 6.45) is 6.83. The Morgan fingerprint density at radius 2 is 1.82 bits per heavy atom. The van der Waals surface area contributed by atoms with Crippen LogP contribution in [-0.4, -0.2) is 52.8 Å². The molecular weight excluding hydrogens is 485 g/mol. The van der Waals surface area contributed by atoms with Crippen molar-refractivity contribution in [2.45, 2.75) is 45.3 Å². The van der Waals surface area contributed by atoms with Crippen LogP contribution < -0.4 is 0 Å². The second kappa shape index (κ2) is 9.21. The minimum atomic E-state index is -1.10. The first-order valence-electron chi connectivity index (χ1n) is 12.8. The standard InChI is InChI=1S/C28H30FN7O2/c1-16-25(35(4)34-33-16)19-14-22-20(13-21(19)29)24-23(12-18(15-32-24)28(2,3)37)36(22)26(17-6-10-38-11-7-17)27-30-8-5-9-31-27/h5,8-9,12-15,17,26,37H,6-7,10-11H2,1-4H3/t26-/m1/s1. The lowest BCUT2D eigenvalue weighted by Gasteiger charge is -2.31. The molecule has 10 heteroatoms. The van der Waals surface area contributed by atoms with Gasteiger partial charge in [0.2, 0.25) is 0 Å². The van der Waals surface area contributed by atoms with Crippen LogP contribution in [0.3, 0.4) is 0 Å². The molecule has 1 saturated heterocycles. The van der Waals surface area contributed by atoms with Crippen molar-refractivity contribution in [3.63, 3.8) is 0 Å². The number of ether oxygens (including phenoxy) is 1. The van der Waals surface area contributed by atoms with Crippen LogP contribution >= 0.6 is 0 Å². The monoisotopic (exact) mass is 515 g/mol. The number of aryl methyl sites for hydroxylation is 2. The molecule has 5 aromatic rings. The predicted molar refractivity (Wildman–Crippen MR) is 141 cm³/mol. The maximum atomic E-state index is 15.7. The smallest absolute Gasteiger partial charge is 0.151 e.